The molecule has 0 spiro atoms. The molecule has 0 aromatic heterocycles. The quantitative estimate of drug-likeness (QED) is 0.237. The lowest BCUT2D eigenvalue weighted by molar-refractivity contribution is -0.890. The van der Waals surface area contributed by atoms with Crippen LogP contribution in [0.3, 0.4) is 0 Å². The van der Waals surface area contributed by atoms with Crippen LogP contribution in [0.5, 0.6) is 0 Å². The maximum absolute atomic E-state index is 10.8. The van der Waals surface area contributed by atoms with E-state index in [1.165, 1.54) is 0 Å². The Morgan fingerprint density at radius 3 is 2.37 bits per heavy atom. The molecule has 0 aliphatic rings. The highest BCUT2D eigenvalue weighted by Crippen LogP contribution is 2.06. The van der Waals surface area contributed by atoms with Crippen molar-refractivity contribution >= 4 is 11.9 Å². The summed E-state index contributed by atoms with van der Waals surface area (Å²) >= 11 is 0. The van der Waals surface area contributed by atoms with Crippen molar-refractivity contribution in [1.82, 2.24) is 0 Å². The van der Waals surface area contributed by atoms with Crippen LogP contribution in [-0.4, -0.2) is 50.2 Å². The molecule has 0 saturated heterocycles. The minimum atomic E-state index is -0.974. The van der Waals surface area contributed by atoms with Crippen LogP contribution in [0.25, 0.3) is 0 Å². The van der Waals surface area contributed by atoms with Crippen LogP contribution in [0.2, 0.25) is 0 Å². The van der Waals surface area contributed by atoms with Crippen LogP contribution >= 0.6 is 0 Å². The van der Waals surface area contributed by atoms with E-state index in [0.29, 0.717) is 13.0 Å². The second kappa shape index (κ2) is 9.55. The molecule has 0 saturated carbocycles. The molecule has 0 fully saturated rings. The molecule has 0 aliphatic carbocycles. The Morgan fingerprint density at radius 1 is 1.16 bits per heavy atom. The van der Waals surface area contributed by atoms with E-state index in [9.17, 15) is 14.7 Å². The molecule has 0 N–H and O–H groups in total. The molecule has 19 heavy (non-hydrogen) atoms. The third-order valence-corrected chi connectivity index (χ3v) is 2.96. The number of nitrogens with zero attached hydrogens (tertiary/aromatic N) is 1. The van der Waals surface area contributed by atoms with Gasteiger partial charge in [-0.3, -0.25) is 0 Å². The van der Waals surface area contributed by atoms with Crippen LogP contribution in [-0.2, 0) is 14.3 Å². The lowest BCUT2D eigenvalue weighted by Crippen LogP contribution is -2.41. The third-order valence-electron chi connectivity index (χ3n) is 2.96. The maximum atomic E-state index is 10.8. The first-order chi connectivity index (χ1) is 8.87. The zero-order valence-electron chi connectivity index (χ0n) is 12.0. The summed E-state index contributed by atoms with van der Waals surface area (Å²) in [5.41, 5.74) is 0. The van der Waals surface area contributed by atoms with Crippen molar-refractivity contribution in [3.05, 3.63) is 12.7 Å². The van der Waals surface area contributed by atoms with Crippen molar-refractivity contribution < 1.29 is 23.9 Å². The van der Waals surface area contributed by atoms with E-state index in [0.717, 1.165) is 42.9 Å². The van der Waals surface area contributed by atoms with Crippen molar-refractivity contribution in [3.63, 3.8) is 0 Å². The predicted octanol–water partition coefficient (Wildman–Crippen LogP) is 0.492. The Hall–Kier alpha value is -1.36. The highest BCUT2D eigenvalue weighted by molar-refractivity contribution is 5.81. The molecule has 0 aliphatic heterocycles. The zero-order chi connectivity index (χ0) is 14.7. The van der Waals surface area contributed by atoms with E-state index in [4.69, 9.17) is 4.74 Å². The Morgan fingerprint density at radius 2 is 1.79 bits per heavy atom. The number of aliphatic carboxylic acids is 1. The molecule has 0 bridgehead atoms. The summed E-state index contributed by atoms with van der Waals surface area (Å²) in [5.74, 6) is -1.36. The minimum Gasteiger partial charge on any atom is -0.550 e. The summed E-state index contributed by atoms with van der Waals surface area (Å²) in [6, 6.07) is 0. The van der Waals surface area contributed by atoms with E-state index in [-0.39, 0.29) is 12.4 Å². The SMILES string of the molecule is C=CC(=O)OCCC[N+](C)(C)CCCCCC(=O)[O-]. The summed E-state index contributed by atoms with van der Waals surface area (Å²) in [5, 5.41) is 10.3. The normalized spacial score (nSPS) is 11.1. The Labute approximate surface area is 115 Å². The number of esters is 1. The van der Waals surface area contributed by atoms with Crippen molar-refractivity contribution in [3.8, 4) is 0 Å². The molecule has 0 amide bonds. The number of carbonyl (C=O) groups is 2. The molecule has 0 radical (unpaired) electrons. The fraction of sp³-hybridized carbons (Fsp3) is 0.714. The van der Waals surface area contributed by atoms with Crippen LogP contribution < -0.4 is 5.11 Å². The number of hydrogen-bond acceptors (Lipinski definition) is 4. The van der Waals surface area contributed by atoms with Gasteiger partial charge in [0.15, 0.2) is 0 Å². The number of unbranched alkanes of at least 4 members (excludes halogenated alkanes) is 2. The van der Waals surface area contributed by atoms with Gasteiger partial charge in [0.1, 0.15) is 0 Å². The summed E-state index contributed by atoms with van der Waals surface area (Å²) in [4.78, 5) is 21.1. The average molecular weight is 271 g/mol. The highest BCUT2D eigenvalue weighted by atomic mass is 16.5. The van der Waals surface area contributed by atoms with Gasteiger partial charge in [-0.25, -0.2) is 4.79 Å². The molecule has 0 rings (SSSR count). The summed E-state index contributed by atoms with van der Waals surface area (Å²) in [6.07, 6.45) is 4.70. The zero-order valence-corrected chi connectivity index (χ0v) is 12.0. The highest BCUT2D eigenvalue weighted by Gasteiger charge is 2.14. The van der Waals surface area contributed by atoms with Gasteiger partial charge in [0.25, 0.3) is 0 Å². The fourth-order valence-corrected chi connectivity index (χ4v) is 1.82. The van der Waals surface area contributed by atoms with Gasteiger partial charge in [0.05, 0.1) is 33.8 Å². The minimum absolute atomic E-state index is 0.144. The summed E-state index contributed by atoms with van der Waals surface area (Å²) in [7, 11) is 4.24. The topological polar surface area (TPSA) is 66.4 Å². The maximum Gasteiger partial charge on any atom is 0.330 e. The van der Waals surface area contributed by atoms with Gasteiger partial charge in [0, 0.05) is 18.5 Å². The van der Waals surface area contributed by atoms with Crippen LogP contribution in [0.1, 0.15) is 32.1 Å². The third kappa shape index (κ3) is 11.5. The van der Waals surface area contributed by atoms with Gasteiger partial charge >= 0.3 is 5.97 Å². The monoisotopic (exact) mass is 271 g/mol. The van der Waals surface area contributed by atoms with Gasteiger partial charge in [-0.2, -0.15) is 0 Å². The van der Waals surface area contributed by atoms with Crippen LogP contribution in [0.4, 0.5) is 0 Å². The molecule has 5 heteroatoms. The van der Waals surface area contributed by atoms with E-state index < -0.39 is 5.97 Å². The number of carbonyl (C=O) groups excluding carboxylic acids is 2. The second-order valence-electron chi connectivity index (χ2n) is 5.29. The lowest BCUT2D eigenvalue weighted by atomic mass is 10.2. The van der Waals surface area contributed by atoms with Gasteiger partial charge in [0.2, 0.25) is 0 Å². The van der Waals surface area contributed by atoms with Gasteiger partial charge < -0.3 is 19.1 Å². The number of quaternary nitrogens is 1. The van der Waals surface area contributed by atoms with Crippen molar-refractivity contribution in [2.75, 3.05) is 33.8 Å². The Kier molecular flexibility index (Phi) is 8.87. The van der Waals surface area contributed by atoms with Crippen molar-refractivity contribution in [2.45, 2.75) is 32.1 Å². The standard InChI is InChI=1S/C14H25NO4/c1-4-14(18)19-12-8-11-15(2,3)10-7-5-6-9-13(16)17/h4H,1,5-12H2,2-3H3. The lowest BCUT2D eigenvalue weighted by Gasteiger charge is -2.29. The van der Waals surface area contributed by atoms with Gasteiger partial charge in [-0.1, -0.05) is 6.58 Å². The number of rotatable bonds is 11. The molecule has 0 heterocycles. The smallest absolute Gasteiger partial charge is 0.330 e. The largest absolute Gasteiger partial charge is 0.550 e. The van der Waals surface area contributed by atoms with Gasteiger partial charge in [-0.15, -0.1) is 0 Å². The van der Waals surface area contributed by atoms with Crippen LogP contribution in [0.15, 0.2) is 12.7 Å². The van der Waals surface area contributed by atoms with Crippen molar-refractivity contribution in [1.29, 1.82) is 0 Å². The molecule has 5 nitrogen and oxygen atoms in total. The average Bonchev–Trinajstić information content (AvgIpc) is 2.33. The second-order valence-corrected chi connectivity index (χ2v) is 5.29. The molecule has 110 valence electrons. The van der Waals surface area contributed by atoms with Crippen LogP contribution in [0, 0.1) is 0 Å². The van der Waals surface area contributed by atoms with Gasteiger partial charge in [-0.05, 0) is 25.7 Å². The first kappa shape index (κ1) is 17.6. The number of carboxylic acid groups (broad SMARTS) is 1. The predicted molar refractivity (Wildman–Crippen MR) is 71.1 cm³/mol. The molecular formula is C14H25NO4. The van der Waals surface area contributed by atoms with E-state index in [1.807, 2.05) is 0 Å². The molecule has 0 aromatic carbocycles. The molecule has 0 unspecified atom stereocenters. The van der Waals surface area contributed by atoms with E-state index >= 15 is 0 Å². The molecular weight excluding hydrogens is 246 g/mol. The number of ether oxygens (including phenoxy) is 1. The molecule has 0 atom stereocenters. The summed E-state index contributed by atoms with van der Waals surface area (Å²) in [6.45, 7) is 5.66. The Bertz CT molecular complexity index is 300. The number of hydrogen-bond donors (Lipinski definition) is 0. The Balaban J connectivity index is 3.59. The number of carboxylic acids is 1. The van der Waals surface area contributed by atoms with E-state index in [2.05, 4.69) is 20.7 Å². The van der Waals surface area contributed by atoms with E-state index in [1.54, 1.807) is 0 Å². The summed E-state index contributed by atoms with van der Waals surface area (Å²) < 4.78 is 5.76. The first-order valence-electron chi connectivity index (χ1n) is 6.68. The molecule has 0 aromatic rings. The first-order valence-corrected chi connectivity index (χ1v) is 6.68. The van der Waals surface area contributed by atoms with Crippen molar-refractivity contribution in [2.24, 2.45) is 0 Å². The fourth-order valence-electron chi connectivity index (χ4n) is 1.82.